The zero-order valence-electron chi connectivity index (χ0n) is 14.2. The van der Waals surface area contributed by atoms with Gasteiger partial charge in [0.25, 0.3) is 0 Å². The van der Waals surface area contributed by atoms with Crippen LogP contribution in [-0.2, 0) is 0 Å². The topological polar surface area (TPSA) is 12.0 Å². The molecule has 1 N–H and O–H groups in total. The van der Waals surface area contributed by atoms with Crippen molar-refractivity contribution in [3.8, 4) is 0 Å². The molecule has 1 aliphatic carbocycles. The van der Waals surface area contributed by atoms with Crippen LogP contribution in [-0.4, -0.2) is 7.05 Å². The molecule has 0 aromatic heterocycles. The van der Waals surface area contributed by atoms with Crippen molar-refractivity contribution in [2.24, 2.45) is 5.41 Å². The van der Waals surface area contributed by atoms with E-state index in [0.717, 1.165) is 0 Å². The van der Waals surface area contributed by atoms with E-state index in [0.29, 0.717) is 11.5 Å². The van der Waals surface area contributed by atoms with Crippen molar-refractivity contribution in [3.05, 3.63) is 33.9 Å². The third kappa shape index (κ3) is 2.65. The Morgan fingerprint density at radius 2 is 1.45 bits per heavy atom. The summed E-state index contributed by atoms with van der Waals surface area (Å²) in [5, 5.41) is 3.66. The molecule has 0 aliphatic heterocycles. The fraction of sp³-hybridized carbons (Fsp3) is 0.684. The normalized spacial score (nSPS) is 19.9. The maximum Gasteiger partial charge on any atom is 0.0377 e. The molecule has 0 heterocycles. The lowest BCUT2D eigenvalue weighted by molar-refractivity contribution is 0.149. The van der Waals surface area contributed by atoms with Gasteiger partial charge in [-0.1, -0.05) is 32.3 Å². The average Bonchev–Trinajstić information content (AvgIpc) is 2.42. The van der Waals surface area contributed by atoms with Gasteiger partial charge in [-0.3, -0.25) is 0 Å². The molecular formula is C19H31N. The highest BCUT2D eigenvalue weighted by molar-refractivity contribution is 5.46. The predicted molar refractivity (Wildman–Crippen MR) is 88.4 cm³/mol. The lowest BCUT2D eigenvalue weighted by atomic mass is 9.67. The van der Waals surface area contributed by atoms with Crippen LogP contribution >= 0.6 is 0 Å². The lowest BCUT2D eigenvalue weighted by Crippen LogP contribution is -2.37. The fourth-order valence-corrected chi connectivity index (χ4v) is 4.17. The highest BCUT2D eigenvalue weighted by Gasteiger charge is 2.37. The van der Waals surface area contributed by atoms with Gasteiger partial charge in [0.05, 0.1) is 0 Å². The summed E-state index contributed by atoms with van der Waals surface area (Å²) >= 11 is 0. The van der Waals surface area contributed by atoms with Crippen LogP contribution in [0.1, 0.15) is 72.9 Å². The Bertz CT molecular complexity index is 455. The summed E-state index contributed by atoms with van der Waals surface area (Å²) in [5.74, 6) is 0. The maximum absolute atomic E-state index is 3.66. The van der Waals surface area contributed by atoms with Crippen molar-refractivity contribution in [1.82, 2.24) is 5.32 Å². The summed E-state index contributed by atoms with van der Waals surface area (Å²) in [4.78, 5) is 0. The minimum Gasteiger partial charge on any atom is -0.313 e. The molecule has 2 rings (SSSR count). The van der Waals surface area contributed by atoms with Gasteiger partial charge in [0.15, 0.2) is 0 Å². The molecular weight excluding hydrogens is 242 g/mol. The Balaban J connectivity index is 2.52. The molecule has 0 saturated heterocycles. The molecule has 20 heavy (non-hydrogen) atoms. The second-order valence-electron chi connectivity index (χ2n) is 7.11. The first-order valence-electron chi connectivity index (χ1n) is 8.15. The summed E-state index contributed by atoms with van der Waals surface area (Å²) in [6.45, 7) is 11.6. The van der Waals surface area contributed by atoms with E-state index in [1.807, 2.05) is 0 Å². The molecule has 1 nitrogen and oxygen atoms in total. The van der Waals surface area contributed by atoms with E-state index < -0.39 is 0 Å². The van der Waals surface area contributed by atoms with Crippen molar-refractivity contribution in [2.75, 3.05) is 7.05 Å². The van der Waals surface area contributed by atoms with Gasteiger partial charge in [0, 0.05) is 6.04 Å². The number of hydrogen-bond donors (Lipinski definition) is 1. The van der Waals surface area contributed by atoms with Crippen molar-refractivity contribution >= 4 is 0 Å². The minimum absolute atomic E-state index is 0.406. The van der Waals surface area contributed by atoms with Gasteiger partial charge in [-0.15, -0.1) is 0 Å². The molecule has 0 spiro atoms. The van der Waals surface area contributed by atoms with Gasteiger partial charge in [0.2, 0.25) is 0 Å². The molecule has 0 radical (unpaired) electrons. The minimum atomic E-state index is 0.406. The number of aryl methyl sites for hydroxylation is 2. The van der Waals surface area contributed by atoms with Gasteiger partial charge in [-0.2, -0.15) is 0 Å². The van der Waals surface area contributed by atoms with E-state index >= 15 is 0 Å². The molecule has 1 saturated carbocycles. The maximum atomic E-state index is 3.66. The summed E-state index contributed by atoms with van der Waals surface area (Å²) in [6.07, 6.45) is 6.89. The molecule has 1 heteroatoms. The van der Waals surface area contributed by atoms with Crippen molar-refractivity contribution in [2.45, 2.75) is 72.8 Å². The van der Waals surface area contributed by atoms with Crippen LogP contribution in [0.3, 0.4) is 0 Å². The van der Waals surface area contributed by atoms with Crippen LogP contribution in [0.5, 0.6) is 0 Å². The van der Waals surface area contributed by atoms with Crippen molar-refractivity contribution in [3.63, 3.8) is 0 Å². The number of nitrogens with one attached hydrogen (secondary N) is 1. The quantitative estimate of drug-likeness (QED) is 0.803. The number of rotatable bonds is 3. The number of hydrogen-bond acceptors (Lipinski definition) is 1. The van der Waals surface area contributed by atoms with Gasteiger partial charge >= 0.3 is 0 Å². The van der Waals surface area contributed by atoms with E-state index in [2.05, 4.69) is 53.0 Å². The van der Waals surface area contributed by atoms with Crippen LogP contribution in [0.25, 0.3) is 0 Å². The average molecular weight is 273 g/mol. The second kappa shape index (κ2) is 5.89. The third-order valence-corrected chi connectivity index (χ3v) is 5.69. The second-order valence-corrected chi connectivity index (χ2v) is 7.11. The van der Waals surface area contributed by atoms with E-state index in [1.54, 1.807) is 5.56 Å². The Morgan fingerprint density at radius 1 is 0.950 bits per heavy atom. The molecule has 0 bridgehead atoms. The first kappa shape index (κ1) is 15.6. The molecule has 1 unspecified atom stereocenters. The summed E-state index contributed by atoms with van der Waals surface area (Å²) < 4.78 is 0. The van der Waals surface area contributed by atoms with Gasteiger partial charge < -0.3 is 5.32 Å². The highest BCUT2D eigenvalue weighted by Crippen LogP contribution is 2.47. The van der Waals surface area contributed by atoms with Crippen molar-refractivity contribution in [1.29, 1.82) is 0 Å². The Labute approximate surface area is 125 Å². The molecule has 112 valence electrons. The molecule has 1 aromatic rings. The van der Waals surface area contributed by atoms with Crippen LogP contribution in [0, 0.1) is 33.1 Å². The predicted octanol–water partition coefficient (Wildman–Crippen LogP) is 5.15. The molecule has 0 amide bonds. The molecule has 1 aliphatic rings. The van der Waals surface area contributed by atoms with E-state index in [9.17, 15) is 0 Å². The highest BCUT2D eigenvalue weighted by atomic mass is 14.9. The van der Waals surface area contributed by atoms with Crippen LogP contribution in [0.2, 0.25) is 0 Å². The van der Waals surface area contributed by atoms with E-state index in [-0.39, 0.29) is 0 Å². The van der Waals surface area contributed by atoms with Gasteiger partial charge in [-0.25, -0.2) is 0 Å². The zero-order valence-corrected chi connectivity index (χ0v) is 14.2. The zero-order chi connectivity index (χ0) is 14.9. The third-order valence-electron chi connectivity index (χ3n) is 5.69. The Kier molecular flexibility index (Phi) is 4.59. The summed E-state index contributed by atoms with van der Waals surface area (Å²) in [7, 11) is 2.14. The standard InChI is InChI=1S/C19H31N/c1-13-12-14(2)16(4)17(15(13)3)18(20-6)19(5)10-8-7-9-11-19/h12,18,20H,7-11H2,1-6H3. The first-order valence-corrected chi connectivity index (χ1v) is 8.15. The fourth-order valence-electron chi connectivity index (χ4n) is 4.17. The lowest BCUT2D eigenvalue weighted by Gasteiger charge is -2.42. The van der Waals surface area contributed by atoms with Crippen molar-refractivity contribution < 1.29 is 0 Å². The molecule has 1 fully saturated rings. The first-order chi connectivity index (χ1) is 9.40. The smallest absolute Gasteiger partial charge is 0.0377 e. The SMILES string of the molecule is CNC(c1c(C)c(C)cc(C)c1C)C1(C)CCCCC1. The van der Waals surface area contributed by atoms with Crippen LogP contribution in [0.15, 0.2) is 6.07 Å². The van der Waals surface area contributed by atoms with E-state index in [1.165, 1.54) is 54.4 Å². The molecule has 1 aromatic carbocycles. The van der Waals surface area contributed by atoms with Crippen LogP contribution in [0.4, 0.5) is 0 Å². The largest absolute Gasteiger partial charge is 0.313 e. The van der Waals surface area contributed by atoms with Gasteiger partial charge in [-0.05, 0) is 80.8 Å². The molecule has 1 atom stereocenters. The summed E-state index contributed by atoms with van der Waals surface area (Å²) in [6, 6.07) is 2.82. The Hall–Kier alpha value is -0.820. The van der Waals surface area contributed by atoms with Crippen LogP contribution < -0.4 is 5.32 Å². The summed E-state index contributed by atoms with van der Waals surface area (Å²) in [5.41, 5.74) is 7.81. The van der Waals surface area contributed by atoms with E-state index in [4.69, 9.17) is 0 Å². The van der Waals surface area contributed by atoms with Gasteiger partial charge in [0.1, 0.15) is 0 Å². The number of benzene rings is 1. The monoisotopic (exact) mass is 273 g/mol. The Morgan fingerprint density at radius 3 is 1.90 bits per heavy atom.